The number of ether oxygens (including phenoxy) is 1. The van der Waals surface area contributed by atoms with E-state index in [0.717, 1.165) is 18.3 Å². The Balaban J connectivity index is 2.28. The van der Waals surface area contributed by atoms with Gasteiger partial charge in [0.1, 0.15) is 17.5 Å². The SMILES string of the molecule is C=C=C[C@]1(COP(=O)(O)OP(=O)(O)OP(=O)(O)O)OC(n2ccc(N)nc2=O)[C@@H](F)[C@@H]1O. The molecule has 3 unspecified atom stereocenters. The van der Waals surface area contributed by atoms with E-state index < -0.39 is 59.9 Å². The van der Waals surface area contributed by atoms with Crippen molar-refractivity contribution in [2.45, 2.75) is 24.1 Å². The van der Waals surface area contributed by atoms with Crippen LogP contribution in [0.4, 0.5) is 10.2 Å². The summed E-state index contributed by atoms with van der Waals surface area (Å²) in [6, 6.07) is 1.12. The van der Waals surface area contributed by atoms with E-state index in [-0.39, 0.29) is 5.82 Å². The number of nitrogens with two attached hydrogens (primary N) is 1. The molecule has 0 aromatic carbocycles. The highest BCUT2D eigenvalue weighted by molar-refractivity contribution is 7.66. The van der Waals surface area contributed by atoms with Crippen LogP contribution >= 0.6 is 23.5 Å². The smallest absolute Gasteiger partial charge is 0.386 e. The number of rotatable bonds is 9. The van der Waals surface area contributed by atoms with Crippen LogP contribution in [0.3, 0.4) is 0 Å². The van der Waals surface area contributed by atoms with Crippen LogP contribution in [0.2, 0.25) is 0 Å². The largest absolute Gasteiger partial charge is 0.490 e. The molecule has 1 aliphatic heterocycles. The number of nitrogen functional groups attached to an aromatic ring is 1. The first-order valence-corrected chi connectivity index (χ1v) is 12.5. The van der Waals surface area contributed by atoms with Crippen molar-refractivity contribution in [3.05, 3.63) is 41.1 Å². The van der Waals surface area contributed by atoms with Gasteiger partial charge in [0.05, 0.1) is 6.61 Å². The number of aliphatic hydroxyl groups excluding tert-OH is 1. The molecule has 0 radical (unpaired) electrons. The quantitative estimate of drug-likeness (QED) is 0.176. The average Bonchev–Trinajstić information content (AvgIpc) is 2.83. The highest BCUT2D eigenvalue weighted by Gasteiger charge is 2.56. The third-order valence-electron chi connectivity index (χ3n) is 3.76. The Morgan fingerprint density at radius 3 is 2.47 bits per heavy atom. The van der Waals surface area contributed by atoms with Crippen molar-refractivity contribution in [1.29, 1.82) is 0 Å². The normalized spacial score (nSPS) is 29.6. The molecule has 16 nitrogen and oxygen atoms in total. The van der Waals surface area contributed by atoms with E-state index in [1.54, 1.807) is 0 Å². The van der Waals surface area contributed by atoms with E-state index in [9.17, 15) is 32.9 Å². The summed E-state index contributed by atoms with van der Waals surface area (Å²) in [5.41, 5.74) is 4.09. The number of phosphoric acid groups is 3. The molecule has 1 fully saturated rings. The van der Waals surface area contributed by atoms with E-state index in [4.69, 9.17) is 25.2 Å². The number of aromatic nitrogens is 2. The van der Waals surface area contributed by atoms with Gasteiger partial charge in [-0.2, -0.15) is 13.6 Å². The molecule has 2 rings (SSSR count). The van der Waals surface area contributed by atoms with Crippen LogP contribution in [0.5, 0.6) is 0 Å². The molecule has 2 heterocycles. The molecule has 1 saturated heterocycles. The highest BCUT2D eigenvalue weighted by Crippen LogP contribution is 2.66. The molecule has 20 heteroatoms. The van der Waals surface area contributed by atoms with Gasteiger partial charge in [-0.05, 0) is 12.1 Å². The summed E-state index contributed by atoms with van der Waals surface area (Å²) >= 11 is 0. The Hall–Kier alpha value is -1.54. The third-order valence-corrected chi connectivity index (χ3v) is 7.54. The fourth-order valence-corrected chi connectivity index (χ4v) is 5.61. The number of aliphatic hydroxyl groups is 1. The molecule has 1 aliphatic rings. The Labute approximate surface area is 177 Å². The summed E-state index contributed by atoms with van der Waals surface area (Å²) in [6.45, 7) is 1.94. The molecule has 1 aromatic heterocycles. The van der Waals surface area contributed by atoms with Gasteiger partial charge in [-0.3, -0.25) is 9.09 Å². The zero-order valence-corrected chi connectivity index (χ0v) is 18.3. The molecule has 32 heavy (non-hydrogen) atoms. The van der Waals surface area contributed by atoms with Crippen LogP contribution in [0.25, 0.3) is 0 Å². The fourth-order valence-electron chi connectivity index (χ4n) is 2.55. The van der Waals surface area contributed by atoms with Crippen molar-refractivity contribution in [2.24, 2.45) is 0 Å². The second kappa shape index (κ2) is 9.37. The van der Waals surface area contributed by atoms with Gasteiger partial charge in [0.2, 0.25) is 0 Å². The number of anilines is 1. The van der Waals surface area contributed by atoms with Gasteiger partial charge in [-0.1, -0.05) is 6.58 Å². The minimum atomic E-state index is -5.82. The van der Waals surface area contributed by atoms with Crippen LogP contribution in [0, 0.1) is 0 Å². The third kappa shape index (κ3) is 6.50. The number of hydrogen-bond acceptors (Lipinski definition) is 11. The van der Waals surface area contributed by atoms with Crippen LogP contribution in [0.15, 0.2) is 35.4 Å². The summed E-state index contributed by atoms with van der Waals surface area (Å²) in [6.07, 6.45) is -4.56. The Morgan fingerprint density at radius 1 is 1.31 bits per heavy atom. The monoisotopic (exact) mass is 523 g/mol. The lowest BCUT2D eigenvalue weighted by molar-refractivity contribution is -0.0965. The first-order valence-electron chi connectivity index (χ1n) is 8.01. The van der Waals surface area contributed by atoms with Gasteiger partial charge < -0.3 is 35.2 Å². The summed E-state index contributed by atoms with van der Waals surface area (Å²) in [4.78, 5) is 51.1. The maximum atomic E-state index is 14.8. The number of phosphoric ester groups is 1. The fraction of sp³-hybridized carbons (Fsp3) is 0.417. The molecule has 0 bridgehead atoms. The van der Waals surface area contributed by atoms with E-state index in [2.05, 4.69) is 30.4 Å². The molecular weight excluding hydrogens is 506 g/mol. The van der Waals surface area contributed by atoms with E-state index in [1.807, 2.05) is 0 Å². The van der Waals surface area contributed by atoms with Gasteiger partial charge >= 0.3 is 29.2 Å². The lowest BCUT2D eigenvalue weighted by Crippen LogP contribution is -2.44. The van der Waals surface area contributed by atoms with Gasteiger partial charge in [-0.15, -0.1) is 5.73 Å². The predicted molar refractivity (Wildman–Crippen MR) is 100 cm³/mol. The lowest BCUT2D eigenvalue weighted by atomic mass is 9.96. The topological polar surface area (TPSA) is 250 Å². The molecule has 0 saturated carbocycles. The molecule has 0 spiro atoms. The van der Waals surface area contributed by atoms with Crippen molar-refractivity contribution in [3.63, 3.8) is 0 Å². The summed E-state index contributed by atoms with van der Waals surface area (Å²) < 4.78 is 66.2. The standard InChI is InChI=1S/C12H17FN3O13P3/c1-2-4-12(6-26-31(22,23)29-32(24,25)28-30(19,20)21)9(17)8(13)10(27-12)16-5-3-7(14)15-11(16)18/h3-5,8-10,17H,1,6H2,(H,22,23)(H,24,25)(H2,14,15,18)(H2,19,20,21)/t8-,9-,10?,12+/m0/s1. The lowest BCUT2D eigenvalue weighted by Gasteiger charge is -2.28. The maximum absolute atomic E-state index is 14.8. The zero-order valence-electron chi connectivity index (χ0n) is 15.6. The Kier molecular flexibility index (Phi) is 7.82. The predicted octanol–water partition coefficient (Wildman–Crippen LogP) is -0.524. The summed E-state index contributed by atoms with van der Waals surface area (Å²) in [5, 5.41) is 10.3. The average molecular weight is 523 g/mol. The van der Waals surface area contributed by atoms with Crippen molar-refractivity contribution >= 4 is 29.3 Å². The van der Waals surface area contributed by atoms with Crippen molar-refractivity contribution in [3.8, 4) is 0 Å². The minimum Gasteiger partial charge on any atom is -0.386 e. The van der Waals surface area contributed by atoms with Gasteiger partial charge in [-0.25, -0.2) is 22.9 Å². The van der Waals surface area contributed by atoms with Crippen LogP contribution in [0.1, 0.15) is 6.23 Å². The molecular formula is C12H17FN3O13P3. The summed E-state index contributed by atoms with van der Waals surface area (Å²) in [5.74, 6) is -0.190. The Morgan fingerprint density at radius 2 is 1.94 bits per heavy atom. The number of nitrogens with zero attached hydrogens (tertiary/aromatic N) is 2. The number of halogens is 1. The molecule has 0 amide bonds. The van der Waals surface area contributed by atoms with Gasteiger partial charge in [0.15, 0.2) is 12.4 Å². The molecule has 1 aromatic rings. The minimum absolute atomic E-state index is 0.190. The number of hydrogen-bond donors (Lipinski definition) is 6. The van der Waals surface area contributed by atoms with E-state index in [1.165, 1.54) is 0 Å². The van der Waals surface area contributed by atoms with E-state index in [0.29, 0.717) is 4.57 Å². The maximum Gasteiger partial charge on any atom is 0.490 e. The first-order chi connectivity index (χ1) is 14.5. The zero-order chi connectivity index (χ0) is 24.5. The first kappa shape index (κ1) is 26.7. The Bertz CT molecular complexity index is 1120. The van der Waals surface area contributed by atoms with Crippen LogP contribution in [-0.4, -0.2) is 58.7 Å². The highest BCUT2D eigenvalue weighted by atomic mass is 31.3. The molecule has 7 N–H and O–H groups in total. The second-order valence-corrected chi connectivity index (χ2v) is 10.5. The second-order valence-electron chi connectivity index (χ2n) is 6.11. The van der Waals surface area contributed by atoms with Crippen molar-refractivity contribution < 1.29 is 60.6 Å². The van der Waals surface area contributed by atoms with Gasteiger partial charge in [0.25, 0.3) is 0 Å². The molecule has 180 valence electrons. The molecule has 6 atom stereocenters. The van der Waals surface area contributed by atoms with Gasteiger partial charge in [0, 0.05) is 6.20 Å². The number of alkyl halides is 1. The summed E-state index contributed by atoms with van der Waals surface area (Å²) in [7, 11) is -17.1. The molecule has 0 aliphatic carbocycles. The van der Waals surface area contributed by atoms with Crippen molar-refractivity contribution in [2.75, 3.05) is 12.3 Å². The van der Waals surface area contributed by atoms with Crippen LogP contribution < -0.4 is 11.4 Å². The van der Waals surface area contributed by atoms with Crippen LogP contribution in [-0.2, 0) is 31.6 Å². The van der Waals surface area contributed by atoms with Crippen molar-refractivity contribution in [1.82, 2.24) is 9.55 Å². The van der Waals surface area contributed by atoms with E-state index >= 15 is 0 Å².